The van der Waals surface area contributed by atoms with Crippen molar-refractivity contribution in [3.8, 4) is 0 Å². The van der Waals surface area contributed by atoms with E-state index in [1.54, 1.807) is 42.2 Å². The van der Waals surface area contributed by atoms with E-state index in [0.717, 1.165) is 12.0 Å². The van der Waals surface area contributed by atoms with Gasteiger partial charge in [0.25, 0.3) is 5.91 Å². The first kappa shape index (κ1) is 15.2. The Labute approximate surface area is 133 Å². The van der Waals surface area contributed by atoms with Crippen LogP contribution in [-0.2, 0) is 4.79 Å². The second kappa shape index (κ2) is 6.20. The molecule has 0 radical (unpaired) electrons. The van der Waals surface area contributed by atoms with E-state index in [0.29, 0.717) is 29.9 Å². The first-order valence-corrected chi connectivity index (χ1v) is 7.53. The molecule has 1 saturated heterocycles. The lowest BCUT2D eigenvalue weighted by molar-refractivity contribution is -0.117. The molecule has 0 aliphatic carbocycles. The van der Waals surface area contributed by atoms with Crippen molar-refractivity contribution in [2.45, 2.75) is 19.8 Å². The van der Waals surface area contributed by atoms with Crippen LogP contribution in [0.15, 0.2) is 42.5 Å². The van der Waals surface area contributed by atoms with Gasteiger partial charge in [-0.2, -0.15) is 0 Å². The maximum absolute atomic E-state index is 13.4. The van der Waals surface area contributed by atoms with Crippen LogP contribution in [-0.4, -0.2) is 18.4 Å². The first-order chi connectivity index (χ1) is 11.1. The molecule has 0 atom stereocenters. The van der Waals surface area contributed by atoms with Gasteiger partial charge in [0.05, 0.1) is 11.3 Å². The molecule has 4 nitrogen and oxygen atoms in total. The van der Waals surface area contributed by atoms with Crippen molar-refractivity contribution in [2.75, 3.05) is 16.8 Å². The third kappa shape index (κ3) is 3.08. The largest absolute Gasteiger partial charge is 0.322 e. The third-order valence-electron chi connectivity index (χ3n) is 3.96. The minimum absolute atomic E-state index is 0.0205. The van der Waals surface area contributed by atoms with Gasteiger partial charge in [0.2, 0.25) is 5.91 Å². The number of amides is 2. The van der Waals surface area contributed by atoms with Gasteiger partial charge in [-0.05, 0) is 43.2 Å². The lowest BCUT2D eigenvalue weighted by atomic mass is 10.1. The predicted molar refractivity (Wildman–Crippen MR) is 87.1 cm³/mol. The maximum atomic E-state index is 13.4. The number of hydrogen-bond donors (Lipinski definition) is 1. The standard InChI is InChI=1S/C18H17FN2O2/c1-12-8-9-13(19)11-15(12)20-18(23)14-5-2-3-6-16(14)21-10-4-7-17(21)22/h2-3,5-6,8-9,11H,4,7,10H2,1H3,(H,20,23). The van der Waals surface area contributed by atoms with Crippen molar-refractivity contribution in [1.82, 2.24) is 0 Å². The van der Waals surface area contributed by atoms with E-state index in [1.165, 1.54) is 12.1 Å². The summed E-state index contributed by atoms with van der Waals surface area (Å²) < 4.78 is 13.4. The monoisotopic (exact) mass is 312 g/mol. The highest BCUT2D eigenvalue weighted by molar-refractivity contribution is 6.11. The molecule has 0 aromatic heterocycles. The number of nitrogens with zero attached hydrogens (tertiary/aromatic N) is 1. The van der Waals surface area contributed by atoms with E-state index in [4.69, 9.17) is 0 Å². The van der Waals surface area contributed by atoms with Crippen LogP contribution in [0.3, 0.4) is 0 Å². The van der Waals surface area contributed by atoms with Gasteiger partial charge in [0.15, 0.2) is 0 Å². The fraction of sp³-hybridized carbons (Fsp3) is 0.222. The van der Waals surface area contributed by atoms with Crippen LogP contribution < -0.4 is 10.2 Å². The zero-order chi connectivity index (χ0) is 16.4. The van der Waals surface area contributed by atoms with E-state index < -0.39 is 5.82 Å². The zero-order valence-electron chi connectivity index (χ0n) is 12.8. The number of carbonyl (C=O) groups is 2. The summed E-state index contributed by atoms with van der Waals surface area (Å²) in [6.07, 6.45) is 1.29. The molecule has 1 heterocycles. The highest BCUT2D eigenvalue weighted by atomic mass is 19.1. The highest BCUT2D eigenvalue weighted by Crippen LogP contribution is 2.26. The van der Waals surface area contributed by atoms with Crippen LogP contribution in [0.25, 0.3) is 0 Å². The van der Waals surface area contributed by atoms with E-state index in [9.17, 15) is 14.0 Å². The molecule has 1 aliphatic heterocycles. The smallest absolute Gasteiger partial charge is 0.257 e. The van der Waals surface area contributed by atoms with Gasteiger partial charge in [-0.3, -0.25) is 9.59 Å². The molecule has 2 aromatic rings. The maximum Gasteiger partial charge on any atom is 0.257 e. The molecule has 1 fully saturated rings. The Bertz CT molecular complexity index is 773. The summed E-state index contributed by atoms with van der Waals surface area (Å²) in [4.78, 5) is 26.2. The molecule has 1 aliphatic rings. The average Bonchev–Trinajstić information content (AvgIpc) is 2.97. The van der Waals surface area contributed by atoms with Gasteiger partial charge in [-0.25, -0.2) is 4.39 Å². The molecule has 23 heavy (non-hydrogen) atoms. The summed E-state index contributed by atoms with van der Waals surface area (Å²) in [6, 6.07) is 11.2. The van der Waals surface area contributed by atoms with E-state index in [2.05, 4.69) is 5.32 Å². The molecule has 1 N–H and O–H groups in total. The lowest BCUT2D eigenvalue weighted by Gasteiger charge is -2.19. The second-order valence-corrected chi connectivity index (χ2v) is 5.58. The van der Waals surface area contributed by atoms with Crippen molar-refractivity contribution in [3.63, 3.8) is 0 Å². The summed E-state index contributed by atoms with van der Waals surface area (Å²) in [5, 5.41) is 2.73. The number of carbonyl (C=O) groups excluding carboxylic acids is 2. The van der Waals surface area contributed by atoms with Gasteiger partial charge in [0, 0.05) is 18.7 Å². The summed E-state index contributed by atoms with van der Waals surface area (Å²) in [5.41, 5.74) is 2.21. The van der Waals surface area contributed by atoms with Crippen LogP contribution in [0, 0.1) is 12.7 Å². The van der Waals surface area contributed by atoms with Crippen LogP contribution in [0.2, 0.25) is 0 Å². The number of hydrogen-bond acceptors (Lipinski definition) is 2. The Morgan fingerprint density at radius 2 is 2.00 bits per heavy atom. The van der Waals surface area contributed by atoms with E-state index >= 15 is 0 Å². The molecular formula is C18H17FN2O2. The lowest BCUT2D eigenvalue weighted by Crippen LogP contribution is -2.27. The summed E-state index contributed by atoms with van der Waals surface area (Å²) >= 11 is 0. The normalized spacial score (nSPS) is 14.2. The number of benzene rings is 2. The second-order valence-electron chi connectivity index (χ2n) is 5.58. The molecule has 2 amide bonds. The molecule has 0 bridgehead atoms. The van der Waals surface area contributed by atoms with Gasteiger partial charge < -0.3 is 10.2 Å². The van der Waals surface area contributed by atoms with Crippen molar-refractivity contribution in [2.24, 2.45) is 0 Å². The number of anilines is 2. The van der Waals surface area contributed by atoms with Gasteiger partial charge in [-0.15, -0.1) is 0 Å². The van der Waals surface area contributed by atoms with Crippen LogP contribution in [0.1, 0.15) is 28.8 Å². The molecule has 0 spiro atoms. The predicted octanol–water partition coefficient (Wildman–Crippen LogP) is 3.51. The molecule has 0 unspecified atom stereocenters. The zero-order valence-corrected chi connectivity index (χ0v) is 12.8. The van der Waals surface area contributed by atoms with Crippen molar-refractivity contribution in [1.29, 1.82) is 0 Å². The number of para-hydroxylation sites is 1. The fourth-order valence-electron chi connectivity index (χ4n) is 2.72. The SMILES string of the molecule is Cc1ccc(F)cc1NC(=O)c1ccccc1N1CCCC1=O. The number of rotatable bonds is 3. The first-order valence-electron chi connectivity index (χ1n) is 7.53. The summed E-state index contributed by atoms with van der Waals surface area (Å²) in [5.74, 6) is -0.741. The molecule has 3 rings (SSSR count). The van der Waals surface area contributed by atoms with E-state index in [-0.39, 0.29) is 11.8 Å². The van der Waals surface area contributed by atoms with E-state index in [1.807, 2.05) is 0 Å². The van der Waals surface area contributed by atoms with Gasteiger partial charge >= 0.3 is 0 Å². The molecule has 2 aromatic carbocycles. The Balaban J connectivity index is 1.91. The van der Waals surface area contributed by atoms with Crippen LogP contribution in [0.4, 0.5) is 15.8 Å². The number of nitrogens with one attached hydrogen (secondary N) is 1. The minimum Gasteiger partial charge on any atom is -0.322 e. The Kier molecular flexibility index (Phi) is 4.10. The third-order valence-corrected chi connectivity index (χ3v) is 3.96. The Morgan fingerprint density at radius 1 is 1.22 bits per heavy atom. The quantitative estimate of drug-likeness (QED) is 0.943. The van der Waals surface area contributed by atoms with Crippen LogP contribution in [0.5, 0.6) is 0 Å². The van der Waals surface area contributed by atoms with Crippen LogP contribution >= 0.6 is 0 Å². The average molecular weight is 312 g/mol. The topological polar surface area (TPSA) is 49.4 Å². The van der Waals surface area contributed by atoms with Gasteiger partial charge in [0.1, 0.15) is 5.82 Å². The van der Waals surface area contributed by atoms with Crippen molar-refractivity contribution < 1.29 is 14.0 Å². The number of aryl methyl sites for hydroxylation is 1. The molecule has 118 valence electrons. The Morgan fingerprint density at radius 3 is 2.74 bits per heavy atom. The fourth-order valence-corrected chi connectivity index (χ4v) is 2.72. The van der Waals surface area contributed by atoms with Crippen molar-refractivity contribution in [3.05, 3.63) is 59.4 Å². The minimum atomic E-state index is -0.408. The molecule has 5 heteroatoms. The Hall–Kier alpha value is -2.69. The summed E-state index contributed by atoms with van der Waals surface area (Å²) in [7, 11) is 0. The van der Waals surface area contributed by atoms with Crippen molar-refractivity contribution >= 4 is 23.2 Å². The molecular weight excluding hydrogens is 295 g/mol. The highest BCUT2D eigenvalue weighted by Gasteiger charge is 2.25. The summed E-state index contributed by atoms with van der Waals surface area (Å²) in [6.45, 7) is 2.41. The number of halogens is 1. The van der Waals surface area contributed by atoms with Gasteiger partial charge in [-0.1, -0.05) is 18.2 Å². The molecule has 0 saturated carbocycles.